The van der Waals surface area contributed by atoms with Gasteiger partial charge in [0.15, 0.2) is 5.82 Å². The van der Waals surface area contributed by atoms with Gasteiger partial charge in [0, 0.05) is 5.92 Å². The van der Waals surface area contributed by atoms with Gasteiger partial charge in [-0.3, -0.25) is 0 Å². The van der Waals surface area contributed by atoms with Crippen LogP contribution in [0.25, 0.3) is 0 Å². The normalized spacial score (nSPS) is 24.0. The van der Waals surface area contributed by atoms with E-state index in [1.54, 1.807) is 0 Å². The summed E-state index contributed by atoms with van der Waals surface area (Å²) in [7, 11) is 0. The minimum absolute atomic E-state index is 0.573. The second-order valence-electron chi connectivity index (χ2n) is 5.05. The van der Waals surface area contributed by atoms with E-state index in [1.165, 1.54) is 38.5 Å². The molecule has 2 fully saturated rings. The van der Waals surface area contributed by atoms with Crippen molar-refractivity contribution in [1.29, 1.82) is 0 Å². The maximum absolute atomic E-state index is 4.69. The predicted octanol–water partition coefficient (Wildman–Crippen LogP) is 1.86. The summed E-state index contributed by atoms with van der Waals surface area (Å²) >= 11 is 0. The molecule has 1 aromatic heterocycles. The van der Waals surface area contributed by atoms with Crippen LogP contribution in [-0.4, -0.2) is 27.9 Å². The van der Waals surface area contributed by atoms with E-state index in [4.69, 9.17) is 5.10 Å². The van der Waals surface area contributed by atoms with Crippen molar-refractivity contribution in [3.05, 3.63) is 12.2 Å². The third-order valence-electron chi connectivity index (χ3n) is 3.93. The highest BCUT2D eigenvalue weighted by atomic mass is 15.3. The third-order valence-corrected chi connectivity index (χ3v) is 3.93. The van der Waals surface area contributed by atoms with Gasteiger partial charge < -0.3 is 5.32 Å². The van der Waals surface area contributed by atoms with Crippen LogP contribution in [0.1, 0.15) is 56.3 Å². The minimum atomic E-state index is 0.573. The van der Waals surface area contributed by atoms with Crippen LogP contribution in [0.3, 0.4) is 0 Å². The van der Waals surface area contributed by atoms with Gasteiger partial charge in [-0.05, 0) is 38.8 Å². The van der Waals surface area contributed by atoms with Crippen LogP contribution in [-0.2, 0) is 0 Å². The molecule has 1 saturated carbocycles. The molecular weight excluding hydrogens is 200 g/mol. The molecule has 4 heteroatoms. The molecule has 1 saturated heterocycles. The quantitative estimate of drug-likeness (QED) is 0.827. The van der Waals surface area contributed by atoms with Crippen molar-refractivity contribution in [2.75, 3.05) is 13.1 Å². The summed E-state index contributed by atoms with van der Waals surface area (Å²) in [6.07, 6.45) is 9.61. The summed E-state index contributed by atoms with van der Waals surface area (Å²) in [4.78, 5) is 4.50. The van der Waals surface area contributed by atoms with Crippen LogP contribution in [0, 0.1) is 0 Å². The largest absolute Gasteiger partial charge is 0.317 e. The van der Waals surface area contributed by atoms with E-state index < -0.39 is 0 Å². The molecule has 88 valence electrons. The van der Waals surface area contributed by atoms with Gasteiger partial charge in [0.25, 0.3) is 0 Å². The SMILES string of the molecule is c1nc(C2CCCC2)nn1C1CCNCC1. The number of nitrogens with one attached hydrogen (secondary N) is 1. The van der Waals surface area contributed by atoms with E-state index in [2.05, 4.69) is 15.0 Å². The van der Waals surface area contributed by atoms with Gasteiger partial charge in [-0.15, -0.1) is 0 Å². The summed E-state index contributed by atoms with van der Waals surface area (Å²) < 4.78 is 2.11. The zero-order chi connectivity index (χ0) is 10.8. The van der Waals surface area contributed by atoms with Crippen LogP contribution < -0.4 is 5.32 Å². The topological polar surface area (TPSA) is 42.7 Å². The molecule has 0 spiro atoms. The highest BCUT2D eigenvalue weighted by molar-refractivity contribution is 4.97. The first-order chi connectivity index (χ1) is 7.93. The van der Waals surface area contributed by atoms with E-state index in [9.17, 15) is 0 Å². The fourth-order valence-electron chi connectivity index (χ4n) is 2.91. The zero-order valence-electron chi connectivity index (χ0n) is 9.73. The number of rotatable bonds is 2. The molecule has 1 aromatic rings. The smallest absolute Gasteiger partial charge is 0.153 e. The Balaban J connectivity index is 1.71. The molecule has 0 atom stereocenters. The second kappa shape index (κ2) is 4.53. The van der Waals surface area contributed by atoms with E-state index in [-0.39, 0.29) is 0 Å². The predicted molar refractivity (Wildman–Crippen MR) is 62.4 cm³/mol. The zero-order valence-corrected chi connectivity index (χ0v) is 9.73. The first-order valence-electron chi connectivity index (χ1n) is 6.55. The first kappa shape index (κ1) is 10.3. The van der Waals surface area contributed by atoms with Crippen LogP contribution in [0.5, 0.6) is 0 Å². The average Bonchev–Trinajstić information content (AvgIpc) is 3.01. The molecule has 0 aromatic carbocycles. The van der Waals surface area contributed by atoms with Crippen LogP contribution in [0.2, 0.25) is 0 Å². The molecule has 4 nitrogen and oxygen atoms in total. The van der Waals surface area contributed by atoms with Crippen LogP contribution in [0.4, 0.5) is 0 Å². The Morgan fingerprint density at radius 3 is 2.62 bits per heavy atom. The van der Waals surface area contributed by atoms with Gasteiger partial charge in [0.1, 0.15) is 6.33 Å². The number of hydrogen-bond acceptors (Lipinski definition) is 3. The Hall–Kier alpha value is -0.900. The Morgan fingerprint density at radius 2 is 1.88 bits per heavy atom. The fourth-order valence-corrected chi connectivity index (χ4v) is 2.91. The summed E-state index contributed by atoms with van der Waals surface area (Å²) in [6, 6.07) is 0.573. The van der Waals surface area contributed by atoms with Crippen molar-refractivity contribution in [2.45, 2.75) is 50.5 Å². The van der Waals surface area contributed by atoms with Crippen molar-refractivity contribution in [3.63, 3.8) is 0 Å². The van der Waals surface area contributed by atoms with E-state index in [1.807, 2.05) is 6.33 Å². The van der Waals surface area contributed by atoms with Gasteiger partial charge in [-0.2, -0.15) is 5.10 Å². The number of piperidine rings is 1. The maximum Gasteiger partial charge on any atom is 0.153 e. The van der Waals surface area contributed by atoms with E-state index in [0.717, 1.165) is 18.9 Å². The van der Waals surface area contributed by atoms with Crippen molar-refractivity contribution in [3.8, 4) is 0 Å². The summed E-state index contributed by atoms with van der Waals surface area (Å²) in [6.45, 7) is 2.23. The van der Waals surface area contributed by atoms with Gasteiger partial charge >= 0.3 is 0 Å². The van der Waals surface area contributed by atoms with Crippen LogP contribution >= 0.6 is 0 Å². The Morgan fingerprint density at radius 1 is 1.12 bits per heavy atom. The lowest BCUT2D eigenvalue weighted by Gasteiger charge is -2.22. The first-order valence-corrected chi connectivity index (χ1v) is 6.55. The Kier molecular flexibility index (Phi) is 2.91. The second-order valence-corrected chi connectivity index (χ2v) is 5.05. The summed E-state index contributed by atoms with van der Waals surface area (Å²) in [5.74, 6) is 1.74. The van der Waals surface area contributed by atoms with Gasteiger partial charge in [0.2, 0.25) is 0 Å². The Labute approximate surface area is 96.4 Å². The highest BCUT2D eigenvalue weighted by Gasteiger charge is 2.22. The van der Waals surface area contributed by atoms with Crippen molar-refractivity contribution < 1.29 is 0 Å². The summed E-state index contributed by atoms with van der Waals surface area (Å²) in [5.41, 5.74) is 0. The monoisotopic (exact) mass is 220 g/mol. The lowest BCUT2D eigenvalue weighted by atomic mass is 10.1. The van der Waals surface area contributed by atoms with E-state index in [0.29, 0.717) is 12.0 Å². The molecule has 0 amide bonds. The molecule has 0 unspecified atom stereocenters. The highest BCUT2D eigenvalue weighted by Crippen LogP contribution is 2.32. The lowest BCUT2D eigenvalue weighted by molar-refractivity contribution is 0.340. The van der Waals surface area contributed by atoms with Crippen molar-refractivity contribution in [2.24, 2.45) is 0 Å². The molecule has 1 aliphatic heterocycles. The molecule has 16 heavy (non-hydrogen) atoms. The Bertz CT molecular complexity index is 335. The molecule has 2 heterocycles. The summed E-state index contributed by atoms with van der Waals surface area (Å²) in [5, 5.41) is 8.08. The molecule has 1 N–H and O–H groups in total. The molecular formula is C12H20N4. The number of aromatic nitrogens is 3. The van der Waals surface area contributed by atoms with Crippen LogP contribution in [0.15, 0.2) is 6.33 Å². The maximum atomic E-state index is 4.69. The van der Waals surface area contributed by atoms with Gasteiger partial charge in [0.05, 0.1) is 6.04 Å². The fraction of sp³-hybridized carbons (Fsp3) is 0.833. The van der Waals surface area contributed by atoms with E-state index >= 15 is 0 Å². The van der Waals surface area contributed by atoms with Gasteiger partial charge in [-0.25, -0.2) is 9.67 Å². The molecule has 0 bridgehead atoms. The number of hydrogen-bond donors (Lipinski definition) is 1. The molecule has 1 aliphatic carbocycles. The molecule has 3 rings (SSSR count). The minimum Gasteiger partial charge on any atom is -0.317 e. The molecule has 2 aliphatic rings. The van der Waals surface area contributed by atoms with Gasteiger partial charge in [-0.1, -0.05) is 12.8 Å². The average molecular weight is 220 g/mol. The number of nitrogens with zero attached hydrogens (tertiary/aromatic N) is 3. The van der Waals surface area contributed by atoms with Crippen molar-refractivity contribution in [1.82, 2.24) is 20.1 Å². The standard InChI is InChI=1S/C12H20N4/c1-2-4-10(3-1)12-14-9-16(15-12)11-5-7-13-8-6-11/h9-11,13H,1-8H2. The molecule has 0 radical (unpaired) electrons. The van der Waals surface area contributed by atoms with Crippen molar-refractivity contribution >= 4 is 0 Å². The third kappa shape index (κ3) is 1.98. The lowest BCUT2D eigenvalue weighted by Crippen LogP contribution is -2.29.